The summed E-state index contributed by atoms with van der Waals surface area (Å²) in [6, 6.07) is 16.0. The van der Waals surface area contributed by atoms with Gasteiger partial charge in [0.05, 0.1) is 0 Å². The summed E-state index contributed by atoms with van der Waals surface area (Å²) in [7, 11) is 0. The molecule has 2 aromatic rings. The van der Waals surface area contributed by atoms with Gasteiger partial charge in [0, 0.05) is 11.5 Å². The zero-order valence-corrected chi connectivity index (χ0v) is 10.7. The van der Waals surface area contributed by atoms with E-state index in [1.54, 1.807) is 6.07 Å². The molecule has 2 rings (SSSR count). The van der Waals surface area contributed by atoms with Crippen molar-refractivity contribution in [1.29, 1.82) is 0 Å². The molecule has 0 aliphatic rings. The molecule has 92 valence electrons. The Balaban J connectivity index is 2.33. The molecular weight excluding hydrogens is 222 g/mol. The second-order valence-electron chi connectivity index (χ2n) is 4.62. The van der Waals surface area contributed by atoms with Crippen molar-refractivity contribution < 1.29 is 4.79 Å². The summed E-state index contributed by atoms with van der Waals surface area (Å²) in [5.41, 5.74) is 9.46. The van der Waals surface area contributed by atoms with Gasteiger partial charge in [-0.15, -0.1) is 0 Å². The van der Waals surface area contributed by atoms with Crippen LogP contribution in [0.5, 0.6) is 0 Å². The minimum absolute atomic E-state index is 0.255. The highest BCUT2D eigenvalue weighted by Gasteiger charge is 2.10. The second kappa shape index (κ2) is 5.05. The van der Waals surface area contributed by atoms with Gasteiger partial charge in [-0.3, -0.25) is 4.79 Å². The number of benzene rings is 2. The largest absolute Gasteiger partial charge is 0.366 e. The third kappa shape index (κ3) is 2.59. The maximum atomic E-state index is 11.2. The predicted molar refractivity (Wildman–Crippen MR) is 73.7 cm³/mol. The van der Waals surface area contributed by atoms with Crippen molar-refractivity contribution in [3.8, 4) is 0 Å². The van der Waals surface area contributed by atoms with Crippen LogP contribution >= 0.6 is 0 Å². The summed E-state index contributed by atoms with van der Waals surface area (Å²) in [5, 5.41) is 0. The lowest BCUT2D eigenvalue weighted by Crippen LogP contribution is -2.11. The Kier molecular flexibility index (Phi) is 3.47. The van der Waals surface area contributed by atoms with E-state index in [9.17, 15) is 4.79 Å². The molecular formula is C16H17NO. The maximum absolute atomic E-state index is 11.2. The summed E-state index contributed by atoms with van der Waals surface area (Å²) in [6.45, 7) is 4.20. The van der Waals surface area contributed by atoms with Crippen molar-refractivity contribution in [2.24, 2.45) is 5.73 Å². The van der Waals surface area contributed by atoms with Gasteiger partial charge in [0.2, 0.25) is 5.91 Å². The molecule has 1 atom stereocenters. The van der Waals surface area contributed by atoms with Gasteiger partial charge in [-0.2, -0.15) is 0 Å². The molecule has 0 heterocycles. The second-order valence-corrected chi connectivity index (χ2v) is 4.62. The highest BCUT2D eigenvalue weighted by atomic mass is 16.1. The number of carbonyl (C=O) groups is 1. The van der Waals surface area contributed by atoms with Crippen LogP contribution in [0.4, 0.5) is 0 Å². The van der Waals surface area contributed by atoms with E-state index in [-0.39, 0.29) is 11.8 Å². The van der Waals surface area contributed by atoms with Gasteiger partial charge in [-0.1, -0.05) is 48.9 Å². The van der Waals surface area contributed by atoms with Crippen molar-refractivity contribution in [2.75, 3.05) is 0 Å². The molecule has 0 radical (unpaired) electrons. The van der Waals surface area contributed by atoms with Crippen LogP contribution in [0, 0.1) is 6.92 Å². The summed E-state index contributed by atoms with van der Waals surface area (Å²) in [4.78, 5) is 11.2. The predicted octanol–water partition coefficient (Wildman–Crippen LogP) is 3.25. The molecule has 0 spiro atoms. The average molecular weight is 239 g/mol. The number of rotatable bonds is 3. The van der Waals surface area contributed by atoms with Gasteiger partial charge < -0.3 is 5.73 Å². The average Bonchev–Trinajstić information content (AvgIpc) is 2.39. The molecule has 0 aliphatic carbocycles. The van der Waals surface area contributed by atoms with Crippen LogP contribution in [-0.2, 0) is 0 Å². The van der Waals surface area contributed by atoms with Crippen LogP contribution in [0.1, 0.15) is 39.9 Å². The zero-order chi connectivity index (χ0) is 13.1. The van der Waals surface area contributed by atoms with Crippen LogP contribution in [0.15, 0.2) is 48.5 Å². The first-order valence-electron chi connectivity index (χ1n) is 6.04. The maximum Gasteiger partial charge on any atom is 0.248 e. The smallest absolute Gasteiger partial charge is 0.248 e. The SMILES string of the molecule is Cc1ccc([C@@H](C)c2cccc(C(N)=O)c2)cc1. The molecule has 0 fully saturated rings. The Bertz CT molecular complexity index is 558. The van der Waals surface area contributed by atoms with Crippen LogP contribution < -0.4 is 5.73 Å². The van der Waals surface area contributed by atoms with E-state index in [2.05, 4.69) is 38.1 Å². The first-order chi connectivity index (χ1) is 8.58. The van der Waals surface area contributed by atoms with E-state index in [1.807, 2.05) is 18.2 Å². The summed E-state index contributed by atoms with van der Waals surface area (Å²) in [6.07, 6.45) is 0. The molecule has 0 saturated carbocycles. The lowest BCUT2D eigenvalue weighted by Gasteiger charge is -2.13. The first kappa shape index (κ1) is 12.4. The molecule has 2 nitrogen and oxygen atoms in total. The summed E-state index contributed by atoms with van der Waals surface area (Å²) < 4.78 is 0. The molecule has 2 N–H and O–H groups in total. The molecule has 2 heteroatoms. The van der Waals surface area contributed by atoms with E-state index < -0.39 is 0 Å². The summed E-state index contributed by atoms with van der Waals surface area (Å²) in [5.74, 6) is -0.127. The first-order valence-corrected chi connectivity index (χ1v) is 6.04. The Morgan fingerprint density at radius 3 is 2.33 bits per heavy atom. The van der Waals surface area contributed by atoms with E-state index in [1.165, 1.54) is 11.1 Å². The lowest BCUT2D eigenvalue weighted by molar-refractivity contribution is 0.1000. The lowest BCUT2D eigenvalue weighted by atomic mass is 9.91. The number of hydrogen-bond acceptors (Lipinski definition) is 1. The molecule has 1 amide bonds. The Morgan fingerprint density at radius 1 is 1.06 bits per heavy atom. The third-order valence-corrected chi connectivity index (χ3v) is 3.25. The normalized spacial score (nSPS) is 12.1. The van der Waals surface area contributed by atoms with E-state index in [0.29, 0.717) is 5.56 Å². The number of amides is 1. The van der Waals surface area contributed by atoms with Crippen molar-refractivity contribution >= 4 is 5.91 Å². The number of nitrogens with two attached hydrogens (primary N) is 1. The Labute approximate surface area is 107 Å². The highest BCUT2D eigenvalue weighted by molar-refractivity contribution is 5.92. The van der Waals surface area contributed by atoms with Gasteiger partial charge in [-0.05, 0) is 30.2 Å². The molecule has 0 unspecified atom stereocenters. The highest BCUT2D eigenvalue weighted by Crippen LogP contribution is 2.24. The summed E-state index contributed by atoms with van der Waals surface area (Å²) >= 11 is 0. The quantitative estimate of drug-likeness (QED) is 0.877. The number of hydrogen-bond donors (Lipinski definition) is 1. The van der Waals surface area contributed by atoms with Crippen molar-refractivity contribution in [3.05, 3.63) is 70.8 Å². The molecule has 0 aromatic heterocycles. The van der Waals surface area contributed by atoms with Crippen LogP contribution in [0.25, 0.3) is 0 Å². The molecule has 0 aliphatic heterocycles. The number of aryl methyl sites for hydroxylation is 1. The minimum atomic E-state index is -0.382. The fourth-order valence-corrected chi connectivity index (χ4v) is 2.01. The van der Waals surface area contributed by atoms with Gasteiger partial charge >= 0.3 is 0 Å². The van der Waals surface area contributed by atoms with Gasteiger partial charge in [-0.25, -0.2) is 0 Å². The third-order valence-electron chi connectivity index (χ3n) is 3.25. The van der Waals surface area contributed by atoms with Gasteiger partial charge in [0.15, 0.2) is 0 Å². The Hall–Kier alpha value is -2.09. The topological polar surface area (TPSA) is 43.1 Å². The van der Waals surface area contributed by atoms with E-state index in [0.717, 1.165) is 5.56 Å². The van der Waals surface area contributed by atoms with Crippen LogP contribution in [-0.4, -0.2) is 5.91 Å². The fourth-order valence-electron chi connectivity index (χ4n) is 2.01. The minimum Gasteiger partial charge on any atom is -0.366 e. The van der Waals surface area contributed by atoms with Crippen LogP contribution in [0.2, 0.25) is 0 Å². The van der Waals surface area contributed by atoms with Crippen LogP contribution in [0.3, 0.4) is 0 Å². The van der Waals surface area contributed by atoms with Gasteiger partial charge in [0.1, 0.15) is 0 Å². The monoisotopic (exact) mass is 239 g/mol. The van der Waals surface area contributed by atoms with E-state index in [4.69, 9.17) is 5.73 Å². The van der Waals surface area contributed by atoms with Crippen molar-refractivity contribution in [3.63, 3.8) is 0 Å². The number of primary amides is 1. The van der Waals surface area contributed by atoms with Crippen molar-refractivity contribution in [1.82, 2.24) is 0 Å². The molecule has 18 heavy (non-hydrogen) atoms. The molecule has 0 bridgehead atoms. The number of carbonyl (C=O) groups excluding carboxylic acids is 1. The van der Waals surface area contributed by atoms with Gasteiger partial charge in [0.25, 0.3) is 0 Å². The molecule has 0 saturated heterocycles. The Morgan fingerprint density at radius 2 is 1.72 bits per heavy atom. The standard InChI is InChI=1S/C16H17NO/c1-11-6-8-13(9-7-11)12(2)14-4-3-5-15(10-14)16(17)18/h3-10,12H,1-2H3,(H2,17,18)/t12-/m1/s1. The van der Waals surface area contributed by atoms with E-state index >= 15 is 0 Å². The zero-order valence-electron chi connectivity index (χ0n) is 10.7. The van der Waals surface area contributed by atoms with Crippen molar-refractivity contribution in [2.45, 2.75) is 19.8 Å². The molecule has 2 aromatic carbocycles. The fraction of sp³-hybridized carbons (Fsp3) is 0.188.